The predicted molar refractivity (Wildman–Crippen MR) is 117 cm³/mol. The summed E-state index contributed by atoms with van der Waals surface area (Å²) in [6.07, 6.45) is 0. The Hall–Kier alpha value is -2.84. The quantitative estimate of drug-likeness (QED) is 0.616. The molecule has 1 atom stereocenters. The highest BCUT2D eigenvalue weighted by molar-refractivity contribution is 7.22. The zero-order valence-corrected chi connectivity index (χ0v) is 18.0. The molecule has 3 aromatic rings. The van der Waals surface area contributed by atoms with E-state index < -0.39 is 11.9 Å². The highest BCUT2D eigenvalue weighted by Gasteiger charge is 2.26. The summed E-state index contributed by atoms with van der Waals surface area (Å²) >= 11 is 7.43. The van der Waals surface area contributed by atoms with Gasteiger partial charge in [0, 0.05) is 12.1 Å². The first-order valence-electron chi connectivity index (χ1n) is 9.49. The van der Waals surface area contributed by atoms with E-state index in [0.717, 1.165) is 4.70 Å². The molecule has 1 aliphatic rings. The summed E-state index contributed by atoms with van der Waals surface area (Å²) in [6, 6.07) is 9.62. The van der Waals surface area contributed by atoms with E-state index in [4.69, 9.17) is 21.1 Å². The number of halogens is 1. The van der Waals surface area contributed by atoms with E-state index in [1.807, 2.05) is 19.9 Å². The van der Waals surface area contributed by atoms with Crippen molar-refractivity contribution >= 4 is 50.1 Å². The first-order valence-corrected chi connectivity index (χ1v) is 10.7. The number of nitrogens with zero attached hydrogens (tertiary/aromatic N) is 1. The van der Waals surface area contributed by atoms with Crippen molar-refractivity contribution in [2.75, 3.05) is 18.5 Å². The van der Waals surface area contributed by atoms with Gasteiger partial charge in [-0.3, -0.25) is 9.59 Å². The summed E-state index contributed by atoms with van der Waals surface area (Å²) < 4.78 is 12.0. The number of benzene rings is 2. The Balaban J connectivity index is 1.51. The van der Waals surface area contributed by atoms with E-state index in [0.29, 0.717) is 45.9 Å². The normalized spacial score (nSPS) is 13.9. The maximum Gasteiger partial charge on any atom is 0.253 e. The first-order chi connectivity index (χ1) is 14.4. The molecular formula is C21H20ClN3O4S. The second kappa shape index (κ2) is 8.49. The Kier molecular flexibility index (Phi) is 5.78. The third-order valence-corrected chi connectivity index (χ3v) is 5.90. The molecule has 0 spiro atoms. The smallest absolute Gasteiger partial charge is 0.253 e. The van der Waals surface area contributed by atoms with Crippen molar-refractivity contribution in [1.82, 2.24) is 10.3 Å². The average molecular weight is 446 g/mol. The minimum Gasteiger partial charge on any atom is -0.486 e. The molecule has 0 aliphatic carbocycles. The van der Waals surface area contributed by atoms with Crippen LogP contribution in [0.15, 0.2) is 36.4 Å². The van der Waals surface area contributed by atoms with Crippen LogP contribution in [0.5, 0.6) is 11.5 Å². The molecule has 0 saturated carbocycles. The fourth-order valence-corrected chi connectivity index (χ4v) is 4.20. The molecule has 0 fully saturated rings. The Morgan fingerprint density at radius 2 is 1.83 bits per heavy atom. The van der Waals surface area contributed by atoms with Crippen LogP contribution in [-0.4, -0.2) is 36.1 Å². The van der Waals surface area contributed by atoms with Gasteiger partial charge < -0.3 is 20.1 Å². The molecule has 1 aliphatic heterocycles. The Bertz CT molecular complexity index is 1070. The summed E-state index contributed by atoms with van der Waals surface area (Å²) in [7, 11) is 0. The van der Waals surface area contributed by atoms with Gasteiger partial charge in [-0.15, -0.1) is 0 Å². The summed E-state index contributed by atoms with van der Waals surface area (Å²) in [4.78, 5) is 30.0. The number of fused-ring (bicyclic) bond motifs is 2. The summed E-state index contributed by atoms with van der Waals surface area (Å²) in [5, 5.41) is 6.36. The van der Waals surface area contributed by atoms with Crippen LogP contribution in [0, 0.1) is 5.92 Å². The van der Waals surface area contributed by atoms with Gasteiger partial charge in [0.05, 0.1) is 20.8 Å². The van der Waals surface area contributed by atoms with Crippen molar-refractivity contribution < 1.29 is 19.1 Å². The van der Waals surface area contributed by atoms with E-state index in [9.17, 15) is 9.59 Å². The lowest BCUT2D eigenvalue weighted by atomic mass is 10.0. The maximum atomic E-state index is 12.9. The lowest BCUT2D eigenvalue weighted by Crippen LogP contribution is -2.47. The number of hydrogen-bond donors (Lipinski definition) is 2. The van der Waals surface area contributed by atoms with E-state index in [-0.39, 0.29) is 11.8 Å². The Morgan fingerprint density at radius 3 is 2.53 bits per heavy atom. The Morgan fingerprint density at radius 1 is 1.13 bits per heavy atom. The molecule has 1 aromatic heterocycles. The van der Waals surface area contributed by atoms with Crippen molar-refractivity contribution in [3.8, 4) is 11.5 Å². The van der Waals surface area contributed by atoms with Crippen molar-refractivity contribution in [2.45, 2.75) is 19.9 Å². The molecule has 156 valence electrons. The highest BCUT2D eigenvalue weighted by atomic mass is 35.5. The van der Waals surface area contributed by atoms with Gasteiger partial charge in [0.25, 0.3) is 5.91 Å². The Labute approximate surface area is 182 Å². The number of carbonyl (C=O) groups is 2. The van der Waals surface area contributed by atoms with Crippen LogP contribution in [-0.2, 0) is 4.79 Å². The largest absolute Gasteiger partial charge is 0.486 e. The number of anilines is 1. The van der Waals surface area contributed by atoms with Crippen LogP contribution < -0.4 is 20.1 Å². The second-order valence-electron chi connectivity index (χ2n) is 7.15. The topological polar surface area (TPSA) is 89.6 Å². The molecule has 2 N–H and O–H groups in total. The third-order valence-electron chi connectivity index (χ3n) is 4.64. The van der Waals surface area contributed by atoms with Gasteiger partial charge >= 0.3 is 0 Å². The molecule has 4 rings (SSSR count). The standard InChI is InChI=1S/C21H20ClN3O4S/c1-11(2)18(24-19(26)12-5-3-4-6-13(12)22)20(27)25-21-23-14-9-15-16(10-17(14)30-21)29-8-7-28-15/h3-6,9-11,18H,7-8H2,1-2H3,(H,24,26)(H,23,25,27)/t18-/m0/s1. The fourth-order valence-electron chi connectivity index (χ4n) is 3.10. The third kappa shape index (κ3) is 4.20. The number of amides is 2. The van der Waals surface area contributed by atoms with Gasteiger partial charge in [-0.2, -0.15) is 0 Å². The lowest BCUT2D eigenvalue weighted by molar-refractivity contribution is -0.118. The van der Waals surface area contributed by atoms with Gasteiger partial charge in [0.1, 0.15) is 19.3 Å². The maximum absolute atomic E-state index is 12.9. The summed E-state index contributed by atoms with van der Waals surface area (Å²) in [5.41, 5.74) is 1.03. The van der Waals surface area contributed by atoms with E-state index >= 15 is 0 Å². The molecule has 2 heterocycles. The predicted octanol–water partition coefficient (Wildman–Crippen LogP) is 4.11. The van der Waals surface area contributed by atoms with Crippen LogP contribution in [0.3, 0.4) is 0 Å². The molecule has 7 nitrogen and oxygen atoms in total. The first kappa shape index (κ1) is 20.4. The van der Waals surface area contributed by atoms with Crippen molar-refractivity contribution in [3.63, 3.8) is 0 Å². The molecule has 0 saturated heterocycles. The molecule has 30 heavy (non-hydrogen) atoms. The monoisotopic (exact) mass is 445 g/mol. The van der Waals surface area contributed by atoms with Crippen LogP contribution in [0.1, 0.15) is 24.2 Å². The number of rotatable bonds is 5. The number of carbonyl (C=O) groups excluding carboxylic acids is 2. The van der Waals surface area contributed by atoms with Crippen LogP contribution in [0.25, 0.3) is 10.2 Å². The van der Waals surface area contributed by atoms with Gasteiger partial charge in [0.15, 0.2) is 16.6 Å². The lowest BCUT2D eigenvalue weighted by Gasteiger charge is -2.21. The van der Waals surface area contributed by atoms with Gasteiger partial charge in [0.2, 0.25) is 5.91 Å². The van der Waals surface area contributed by atoms with Crippen LogP contribution >= 0.6 is 22.9 Å². The zero-order valence-electron chi connectivity index (χ0n) is 16.4. The number of hydrogen-bond acceptors (Lipinski definition) is 6. The van der Waals surface area contributed by atoms with Gasteiger partial charge in [-0.05, 0) is 18.1 Å². The molecule has 9 heteroatoms. The SMILES string of the molecule is CC(C)[C@H](NC(=O)c1ccccc1Cl)C(=O)Nc1nc2cc3c(cc2s1)OCCO3. The minimum atomic E-state index is -0.749. The van der Waals surface area contributed by atoms with Crippen molar-refractivity contribution in [1.29, 1.82) is 0 Å². The van der Waals surface area contributed by atoms with E-state index in [1.165, 1.54) is 11.3 Å². The molecule has 0 unspecified atom stereocenters. The molecule has 0 bridgehead atoms. The zero-order chi connectivity index (χ0) is 21.3. The molecule has 2 aromatic carbocycles. The van der Waals surface area contributed by atoms with Crippen molar-refractivity contribution in [3.05, 3.63) is 47.0 Å². The average Bonchev–Trinajstić information content (AvgIpc) is 3.10. The van der Waals surface area contributed by atoms with Crippen LogP contribution in [0.2, 0.25) is 5.02 Å². The number of aromatic nitrogens is 1. The summed E-state index contributed by atoms with van der Waals surface area (Å²) in [6.45, 7) is 4.71. The number of ether oxygens (including phenoxy) is 2. The summed E-state index contributed by atoms with van der Waals surface area (Å²) in [5.74, 6) is 0.425. The highest BCUT2D eigenvalue weighted by Crippen LogP contribution is 2.37. The van der Waals surface area contributed by atoms with Crippen molar-refractivity contribution in [2.24, 2.45) is 5.92 Å². The molecule has 2 amide bonds. The second-order valence-corrected chi connectivity index (χ2v) is 8.58. The minimum absolute atomic E-state index is 0.139. The van der Waals surface area contributed by atoms with Crippen LogP contribution in [0.4, 0.5) is 5.13 Å². The van der Waals surface area contributed by atoms with E-state index in [2.05, 4.69) is 15.6 Å². The van der Waals surface area contributed by atoms with Gasteiger partial charge in [-0.25, -0.2) is 4.98 Å². The molecule has 0 radical (unpaired) electrons. The fraction of sp³-hybridized carbons (Fsp3) is 0.286. The van der Waals surface area contributed by atoms with Gasteiger partial charge in [-0.1, -0.05) is 48.9 Å². The molecular weight excluding hydrogens is 426 g/mol. The van der Waals surface area contributed by atoms with E-state index in [1.54, 1.807) is 30.3 Å². The number of nitrogens with one attached hydrogen (secondary N) is 2. The number of thiazole rings is 1.